The zero-order valence-corrected chi connectivity index (χ0v) is 18.0. The Balaban J connectivity index is 1.52. The maximum absolute atomic E-state index is 13.0. The number of nitrogens with two attached hydrogens (primary N) is 1. The lowest BCUT2D eigenvalue weighted by Crippen LogP contribution is -2.47. The topological polar surface area (TPSA) is 104 Å². The van der Waals surface area contributed by atoms with Crippen LogP contribution in [0.4, 0.5) is 5.82 Å². The van der Waals surface area contributed by atoms with Gasteiger partial charge in [-0.05, 0) is 24.7 Å². The van der Waals surface area contributed by atoms with Crippen molar-refractivity contribution in [3.8, 4) is 11.3 Å². The van der Waals surface area contributed by atoms with Crippen molar-refractivity contribution in [3.05, 3.63) is 77.6 Å². The molecule has 8 heteroatoms. The van der Waals surface area contributed by atoms with E-state index in [0.717, 1.165) is 18.7 Å². The van der Waals surface area contributed by atoms with Crippen LogP contribution in [0.1, 0.15) is 26.4 Å². The molecular weight excluding hydrogens is 404 g/mol. The molecule has 2 aromatic carbocycles. The lowest BCUT2D eigenvalue weighted by atomic mass is 10.1. The molecule has 1 saturated heterocycles. The summed E-state index contributed by atoms with van der Waals surface area (Å²) in [4.78, 5) is 38.2. The van der Waals surface area contributed by atoms with Crippen molar-refractivity contribution in [1.82, 2.24) is 25.1 Å². The number of amides is 2. The maximum atomic E-state index is 13.0. The zero-order chi connectivity index (χ0) is 22.5. The van der Waals surface area contributed by atoms with E-state index in [1.165, 1.54) is 6.20 Å². The molecule has 0 atom stereocenters. The first-order valence-corrected chi connectivity index (χ1v) is 10.5. The van der Waals surface area contributed by atoms with Crippen LogP contribution in [0, 0.1) is 0 Å². The summed E-state index contributed by atoms with van der Waals surface area (Å²) in [5, 5.41) is 2.92. The zero-order valence-electron chi connectivity index (χ0n) is 18.0. The van der Waals surface area contributed by atoms with Crippen LogP contribution in [0.15, 0.2) is 60.8 Å². The van der Waals surface area contributed by atoms with E-state index in [0.29, 0.717) is 36.5 Å². The van der Waals surface area contributed by atoms with E-state index in [4.69, 9.17) is 5.73 Å². The number of likely N-dealkylation sites (N-methyl/N-ethyl adjacent to an activating group) is 1. The number of nitrogen functional groups attached to an aromatic ring is 1. The largest absolute Gasteiger partial charge is 0.382 e. The molecule has 1 aromatic heterocycles. The predicted octanol–water partition coefficient (Wildman–Crippen LogP) is 2.04. The van der Waals surface area contributed by atoms with Crippen molar-refractivity contribution in [2.75, 3.05) is 39.0 Å². The maximum Gasteiger partial charge on any atom is 0.276 e. The van der Waals surface area contributed by atoms with Crippen LogP contribution < -0.4 is 11.1 Å². The average Bonchev–Trinajstić information content (AvgIpc) is 2.83. The molecule has 0 bridgehead atoms. The molecule has 4 rings (SSSR count). The van der Waals surface area contributed by atoms with E-state index in [1.807, 2.05) is 43.4 Å². The first-order chi connectivity index (χ1) is 15.5. The summed E-state index contributed by atoms with van der Waals surface area (Å²) in [7, 11) is 2.03. The Hall–Kier alpha value is -3.78. The van der Waals surface area contributed by atoms with Crippen LogP contribution in [-0.4, -0.2) is 64.8 Å². The number of benzene rings is 2. The van der Waals surface area contributed by atoms with Gasteiger partial charge in [-0.3, -0.25) is 9.59 Å². The molecule has 0 unspecified atom stereocenters. The van der Waals surface area contributed by atoms with Crippen molar-refractivity contribution in [1.29, 1.82) is 0 Å². The van der Waals surface area contributed by atoms with Crippen molar-refractivity contribution >= 4 is 17.6 Å². The van der Waals surface area contributed by atoms with E-state index in [9.17, 15) is 9.59 Å². The first kappa shape index (κ1) is 21.5. The van der Waals surface area contributed by atoms with Crippen LogP contribution >= 0.6 is 0 Å². The Morgan fingerprint density at radius 3 is 2.53 bits per heavy atom. The van der Waals surface area contributed by atoms with Crippen molar-refractivity contribution < 1.29 is 9.59 Å². The van der Waals surface area contributed by atoms with Gasteiger partial charge in [0.15, 0.2) is 11.5 Å². The highest BCUT2D eigenvalue weighted by atomic mass is 16.2. The molecule has 2 amide bonds. The molecule has 32 heavy (non-hydrogen) atoms. The Bertz CT molecular complexity index is 1110. The van der Waals surface area contributed by atoms with Crippen LogP contribution in [-0.2, 0) is 6.54 Å². The number of nitrogens with zero attached hydrogens (tertiary/aromatic N) is 4. The lowest BCUT2D eigenvalue weighted by Gasteiger charge is -2.32. The summed E-state index contributed by atoms with van der Waals surface area (Å²) in [5.74, 6) is -0.302. The first-order valence-electron chi connectivity index (χ1n) is 10.5. The van der Waals surface area contributed by atoms with Gasteiger partial charge in [-0.15, -0.1) is 0 Å². The molecule has 0 radical (unpaired) electrons. The molecule has 1 aliphatic rings. The SMILES string of the molecule is CN1CCN(C(=O)c2nc(-c3cccc(C(=O)NCc4ccccc4)c3)cnc2N)CC1. The molecule has 1 aliphatic heterocycles. The smallest absolute Gasteiger partial charge is 0.276 e. The van der Waals surface area contributed by atoms with Gasteiger partial charge in [0.2, 0.25) is 0 Å². The Morgan fingerprint density at radius 1 is 1.03 bits per heavy atom. The number of aromatic nitrogens is 2. The van der Waals surface area contributed by atoms with Gasteiger partial charge in [-0.1, -0.05) is 42.5 Å². The summed E-state index contributed by atoms with van der Waals surface area (Å²) >= 11 is 0. The van der Waals surface area contributed by atoms with E-state index >= 15 is 0 Å². The molecule has 2 heterocycles. The van der Waals surface area contributed by atoms with Gasteiger partial charge < -0.3 is 20.9 Å². The fourth-order valence-corrected chi connectivity index (χ4v) is 3.55. The fourth-order valence-electron chi connectivity index (χ4n) is 3.55. The second-order valence-electron chi connectivity index (χ2n) is 7.83. The van der Waals surface area contributed by atoms with Crippen LogP contribution in [0.3, 0.4) is 0 Å². The van der Waals surface area contributed by atoms with Gasteiger partial charge in [0.25, 0.3) is 11.8 Å². The third kappa shape index (κ3) is 4.92. The summed E-state index contributed by atoms with van der Waals surface area (Å²) in [5.41, 5.74) is 8.84. The van der Waals surface area contributed by atoms with E-state index in [1.54, 1.807) is 23.1 Å². The van der Waals surface area contributed by atoms with Gasteiger partial charge in [-0.25, -0.2) is 9.97 Å². The molecule has 1 fully saturated rings. The van der Waals surface area contributed by atoms with E-state index < -0.39 is 0 Å². The highest BCUT2D eigenvalue weighted by molar-refractivity contribution is 5.97. The number of hydrogen-bond acceptors (Lipinski definition) is 6. The number of nitrogens with one attached hydrogen (secondary N) is 1. The van der Waals surface area contributed by atoms with Crippen LogP contribution in [0.5, 0.6) is 0 Å². The number of anilines is 1. The van der Waals surface area contributed by atoms with Crippen molar-refractivity contribution in [2.45, 2.75) is 6.54 Å². The average molecular weight is 431 g/mol. The van der Waals surface area contributed by atoms with Gasteiger partial charge in [0.05, 0.1) is 11.9 Å². The molecule has 0 aliphatic carbocycles. The summed E-state index contributed by atoms with van der Waals surface area (Å²) in [6, 6.07) is 16.8. The highest BCUT2D eigenvalue weighted by Crippen LogP contribution is 2.21. The number of rotatable bonds is 5. The summed E-state index contributed by atoms with van der Waals surface area (Å²) in [6.07, 6.45) is 1.52. The second kappa shape index (κ2) is 9.57. The Morgan fingerprint density at radius 2 is 1.78 bits per heavy atom. The normalized spacial score (nSPS) is 14.2. The number of piperazine rings is 1. The standard InChI is InChI=1S/C24H26N6O2/c1-29-10-12-30(13-11-29)24(32)21-22(25)26-16-20(28-21)18-8-5-9-19(14-18)23(31)27-15-17-6-3-2-4-7-17/h2-9,14,16H,10-13,15H2,1H3,(H2,25,26)(H,27,31). The molecule has 8 nitrogen and oxygen atoms in total. The number of hydrogen-bond donors (Lipinski definition) is 2. The quantitative estimate of drug-likeness (QED) is 0.642. The number of carbonyl (C=O) groups excluding carboxylic acids is 2. The minimum atomic E-state index is -0.221. The summed E-state index contributed by atoms with van der Waals surface area (Å²) in [6.45, 7) is 3.29. The van der Waals surface area contributed by atoms with E-state index in [2.05, 4.69) is 20.2 Å². The molecule has 0 spiro atoms. The van der Waals surface area contributed by atoms with Gasteiger partial charge in [-0.2, -0.15) is 0 Å². The predicted molar refractivity (Wildman–Crippen MR) is 123 cm³/mol. The molecule has 3 N–H and O–H groups in total. The van der Waals surface area contributed by atoms with Gasteiger partial charge in [0.1, 0.15) is 0 Å². The summed E-state index contributed by atoms with van der Waals surface area (Å²) < 4.78 is 0. The van der Waals surface area contributed by atoms with Crippen molar-refractivity contribution in [3.63, 3.8) is 0 Å². The molecule has 164 valence electrons. The minimum Gasteiger partial charge on any atom is -0.382 e. The Kier molecular flexibility index (Phi) is 6.42. The fraction of sp³-hybridized carbons (Fsp3) is 0.250. The van der Waals surface area contributed by atoms with Crippen molar-refractivity contribution in [2.24, 2.45) is 0 Å². The number of carbonyl (C=O) groups is 2. The molecular formula is C24H26N6O2. The second-order valence-corrected chi connectivity index (χ2v) is 7.83. The monoisotopic (exact) mass is 430 g/mol. The lowest BCUT2D eigenvalue weighted by molar-refractivity contribution is 0.0659. The highest BCUT2D eigenvalue weighted by Gasteiger charge is 2.24. The van der Waals surface area contributed by atoms with Crippen LogP contribution in [0.25, 0.3) is 11.3 Å². The van der Waals surface area contributed by atoms with Crippen LogP contribution in [0.2, 0.25) is 0 Å². The Labute approximate surface area is 187 Å². The molecule has 3 aromatic rings. The van der Waals surface area contributed by atoms with Gasteiger partial charge in [0, 0.05) is 43.9 Å². The minimum absolute atomic E-state index is 0.106. The molecule has 0 saturated carbocycles. The third-order valence-corrected chi connectivity index (χ3v) is 5.51. The van der Waals surface area contributed by atoms with Gasteiger partial charge >= 0.3 is 0 Å². The third-order valence-electron chi connectivity index (χ3n) is 5.51. The van der Waals surface area contributed by atoms with E-state index in [-0.39, 0.29) is 23.3 Å².